The molecule has 0 spiro atoms. The molecule has 4 N–H and O–H groups in total. The number of hydrogen-bond donors (Lipinski definition) is 4. The molecule has 0 radical (unpaired) electrons. The lowest BCUT2D eigenvalue weighted by Crippen LogP contribution is -2.68. The van der Waals surface area contributed by atoms with Gasteiger partial charge in [0.15, 0.2) is 0 Å². The molecule has 0 fully saturated rings. The van der Waals surface area contributed by atoms with E-state index in [1.54, 1.807) is 13.3 Å². The topological polar surface area (TPSA) is 120 Å². The minimum atomic E-state index is -3.24. The third-order valence-corrected chi connectivity index (χ3v) is 4.96. The molecule has 10 heteroatoms. The van der Waals surface area contributed by atoms with Crippen LogP contribution in [-0.2, 0) is 9.59 Å². The van der Waals surface area contributed by atoms with E-state index in [9.17, 15) is 23.2 Å². The van der Waals surface area contributed by atoms with Crippen LogP contribution in [0, 0.1) is 23.7 Å². The molecule has 0 aliphatic rings. The first-order valence-corrected chi connectivity index (χ1v) is 10.6. The van der Waals surface area contributed by atoms with Crippen molar-refractivity contribution >= 4 is 23.9 Å². The van der Waals surface area contributed by atoms with Crippen molar-refractivity contribution < 1.29 is 28.4 Å². The number of aliphatic imine (C=N–C) groups is 1. The Kier molecular flexibility index (Phi) is 9.84. The van der Waals surface area contributed by atoms with Crippen molar-refractivity contribution in [3.63, 3.8) is 0 Å². The summed E-state index contributed by atoms with van der Waals surface area (Å²) in [6.07, 6.45) is -1.52. The molecule has 0 saturated carbocycles. The number of hydrogen-bond acceptors (Lipinski definition) is 5. The maximum Gasteiger partial charge on any atom is 0.268 e. The Balaban J connectivity index is 2.15. The molecule has 0 aliphatic heterocycles. The predicted molar refractivity (Wildman–Crippen MR) is 130 cm³/mol. The molecule has 186 valence electrons. The van der Waals surface area contributed by atoms with Gasteiger partial charge in [-0.15, -0.1) is 0 Å². The van der Waals surface area contributed by atoms with E-state index in [-0.39, 0.29) is 5.56 Å². The van der Waals surface area contributed by atoms with Crippen LogP contribution >= 0.6 is 0 Å². The number of carbonyl (C=O) groups excluding carboxylic acids is 3. The van der Waals surface area contributed by atoms with Gasteiger partial charge in [-0.05, 0) is 60.7 Å². The lowest BCUT2D eigenvalue weighted by atomic mass is 9.91. The average Bonchev–Trinajstić information content (AvgIpc) is 2.85. The van der Waals surface area contributed by atoms with E-state index in [2.05, 4.69) is 34.0 Å². The smallest absolute Gasteiger partial charge is 0.268 e. The molecule has 1 unspecified atom stereocenters. The molecule has 8 nitrogen and oxygen atoms in total. The summed E-state index contributed by atoms with van der Waals surface area (Å²) in [5.41, 5.74) is 1.06. The van der Waals surface area contributed by atoms with Gasteiger partial charge in [-0.1, -0.05) is 24.0 Å². The second kappa shape index (κ2) is 12.8. The molecule has 2 aromatic rings. The number of carbonyl (C=O) groups is 3. The van der Waals surface area contributed by atoms with E-state index in [1.165, 1.54) is 29.7 Å². The van der Waals surface area contributed by atoms with E-state index < -0.39 is 35.7 Å². The molecule has 0 saturated heterocycles. The molecule has 2 atom stereocenters. The van der Waals surface area contributed by atoms with E-state index in [0.29, 0.717) is 5.56 Å². The molecule has 0 heterocycles. The van der Waals surface area contributed by atoms with Crippen LogP contribution in [0.15, 0.2) is 53.5 Å². The summed E-state index contributed by atoms with van der Waals surface area (Å²) in [6.45, 7) is 1.87. The van der Waals surface area contributed by atoms with Crippen molar-refractivity contribution in [2.75, 3.05) is 7.05 Å². The van der Waals surface area contributed by atoms with Gasteiger partial charge in [0.1, 0.15) is 11.6 Å². The number of halogens is 2. The van der Waals surface area contributed by atoms with Crippen molar-refractivity contribution in [3.05, 3.63) is 70.8 Å². The monoisotopic (exact) mass is 494 g/mol. The summed E-state index contributed by atoms with van der Waals surface area (Å²) in [5.74, 6) is 8.11. The standard InChI is InChI=1S/C26H24F2N4O4/c1-17(33)31-26(2,25(27)28)22(24(35)32-36)30-23(34)21-14-12-19(13-15-21)7-5-4-6-18-8-10-20(11-9-18)16-29-3/h8-16,22,25,36H,1-3H3,(H,30,34)(H,31,33)(H,32,35)/b29-16+/t22-,26?/m1/s1. The third-order valence-electron chi connectivity index (χ3n) is 4.96. The normalized spacial score (nSPS) is 12.9. The van der Waals surface area contributed by atoms with Gasteiger partial charge in [0.2, 0.25) is 5.91 Å². The molecule has 3 amide bonds. The second-order valence-electron chi connectivity index (χ2n) is 7.73. The Bertz CT molecular complexity index is 1250. The van der Waals surface area contributed by atoms with Crippen LogP contribution in [0.3, 0.4) is 0 Å². The van der Waals surface area contributed by atoms with Crippen LogP contribution in [0.4, 0.5) is 8.78 Å². The summed E-state index contributed by atoms with van der Waals surface area (Å²) in [7, 11) is 1.69. The fourth-order valence-corrected chi connectivity index (χ4v) is 3.11. The summed E-state index contributed by atoms with van der Waals surface area (Å²) in [4.78, 5) is 40.0. The van der Waals surface area contributed by atoms with Crippen LogP contribution < -0.4 is 16.1 Å². The molecule has 36 heavy (non-hydrogen) atoms. The number of benzene rings is 2. The van der Waals surface area contributed by atoms with E-state index in [4.69, 9.17) is 5.21 Å². The summed E-state index contributed by atoms with van der Waals surface area (Å²) in [6, 6.07) is 11.3. The Morgan fingerprint density at radius 2 is 1.53 bits per heavy atom. The number of rotatable bonds is 7. The van der Waals surface area contributed by atoms with Gasteiger partial charge in [-0.2, -0.15) is 0 Å². The highest BCUT2D eigenvalue weighted by Gasteiger charge is 2.48. The maximum absolute atomic E-state index is 13.7. The van der Waals surface area contributed by atoms with Gasteiger partial charge in [-0.25, -0.2) is 14.3 Å². The number of nitrogens with zero attached hydrogens (tertiary/aromatic N) is 1. The summed E-state index contributed by atoms with van der Waals surface area (Å²) in [5, 5.41) is 13.1. The average molecular weight is 494 g/mol. The number of hydroxylamine groups is 1. The van der Waals surface area contributed by atoms with Gasteiger partial charge in [-0.3, -0.25) is 24.6 Å². The minimum Gasteiger partial charge on any atom is -0.343 e. The largest absolute Gasteiger partial charge is 0.343 e. The lowest BCUT2D eigenvalue weighted by molar-refractivity contribution is -0.137. The van der Waals surface area contributed by atoms with E-state index in [1.807, 2.05) is 29.6 Å². The fraction of sp³-hybridized carbons (Fsp3) is 0.231. The zero-order chi connectivity index (χ0) is 26.7. The fourth-order valence-electron chi connectivity index (χ4n) is 3.11. The maximum atomic E-state index is 13.7. The Labute approximate surface area is 207 Å². The van der Waals surface area contributed by atoms with Crippen LogP contribution in [0.2, 0.25) is 0 Å². The van der Waals surface area contributed by atoms with Gasteiger partial charge < -0.3 is 10.6 Å². The molecule has 0 bridgehead atoms. The first kappa shape index (κ1) is 27.7. The summed E-state index contributed by atoms with van der Waals surface area (Å²) >= 11 is 0. The van der Waals surface area contributed by atoms with Crippen molar-refractivity contribution in [1.82, 2.24) is 16.1 Å². The van der Waals surface area contributed by atoms with Crippen LogP contribution in [-0.4, -0.2) is 54.2 Å². The molecule has 0 aliphatic carbocycles. The highest BCUT2D eigenvalue weighted by molar-refractivity contribution is 5.98. The lowest BCUT2D eigenvalue weighted by Gasteiger charge is -2.36. The minimum absolute atomic E-state index is 0.0394. The predicted octanol–water partition coefficient (Wildman–Crippen LogP) is 1.90. The van der Waals surface area contributed by atoms with Crippen molar-refractivity contribution in [3.8, 4) is 23.7 Å². The van der Waals surface area contributed by atoms with Gasteiger partial charge in [0.05, 0.1) is 0 Å². The molecule has 2 aromatic carbocycles. The van der Waals surface area contributed by atoms with Gasteiger partial charge in [0.25, 0.3) is 18.2 Å². The molecule has 2 rings (SSSR count). The zero-order valence-electron chi connectivity index (χ0n) is 19.7. The zero-order valence-corrected chi connectivity index (χ0v) is 19.7. The first-order valence-electron chi connectivity index (χ1n) is 10.6. The highest BCUT2D eigenvalue weighted by Crippen LogP contribution is 2.21. The Morgan fingerprint density at radius 1 is 1.00 bits per heavy atom. The summed E-state index contributed by atoms with van der Waals surface area (Å²) < 4.78 is 27.5. The number of amides is 3. The van der Waals surface area contributed by atoms with Crippen molar-refractivity contribution in [2.45, 2.75) is 31.9 Å². The van der Waals surface area contributed by atoms with Crippen molar-refractivity contribution in [2.24, 2.45) is 4.99 Å². The molecule has 0 aromatic heterocycles. The third kappa shape index (κ3) is 7.49. The molecular weight excluding hydrogens is 470 g/mol. The number of nitrogens with one attached hydrogen (secondary N) is 3. The van der Waals surface area contributed by atoms with Crippen LogP contribution in [0.25, 0.3) is 0 Å². The number of alkyl halides is 2. The Morgan fingerprint density at radius 3 is 1.97 bits per heavy atom. The van der Waals surface area contributed by atoms with Gasteiger partial charge >= 0.3 is 0 Å². The van der Waals surface area contributed by atoms with Gasteiger partial charge in [0, 0.05) is 36.9 Å². The van der Waals surface area contributed by atoms with Crippen LogP contribution in [0.5, 0.6) is 0 Å². The molecular formula is C26H24F2N4O4. The van der Waals surface area contributed by atoms with Crippen LogP contribution in [0.1, 0.15) is 40.9 Å². The van der Waals surface area contributed by atoms with E-state index >= 15 is 0 Å². The quantitative estimate of drug-likeness (QED) is 0.203. The first-order chi connectivity index (χ1) is 17.1. The highest BCUT2D eigenvalue weighted by atomic mass is 19.3. The van der Waals surface area contributed by atoms with E-state index in [0.717, 1.165) is 25.0 Å². The SMILES string of the molecule is C/N=C/c1ccc(C#CC#Cc2ccc(C(=O)N[C@H](C(=O)NO)C(C)(NC(C)=O)C(F)F)cc2)cc1. The van der Waals surface area contributed by atoms with Crippen molar-refractivity contribution in [1.29, 1.82) is 0 Å². The second-order valence-corrected chi connectivity index (χ2v) is 7.73. The Hall–Kier alpha value is -4.54.